The van der Waals surface area contributed by atoms with Gasteiger partial charge in [0, 0.05) is 42.8 Å². The van der Waals surface area contributed by atoms with E-state index in [1.807, 2.05) is 0 Å². The zero-order valence-electron chi connectivity index (χ0n) is 15.1. The third kappa shape index (κ3) is 4.62. The van der Waals surface area contributed by atoms with Gasteiger partial charge in [-0.15, -0.1) is 11.3 Å². The van der Waals surface area contributed by atoms with Crippen molar-refractivity contribution in [2.75, 3.05) is 6.54 Å². The second kappa shape index (κ2) is 8.17. The van der Waals surface area contributed by atoms with Crippen molar-refractivity contribution in [2.45, 2.75) is 88.6 Å². The molecule has 4 nitrogen and oxygen atoms in total. The van der Waals surface area contributed by atoms with Crippen LogP contribution in [0, 0.1) is 5.92 Å². The topological polar surface area (TPSA) is 54.0 Å². The highest BCUT2D eigenvalue weighted by Gasteiger charge is 2.34. The van der Waals surface area contributed by atoms with Crippen molar-refractivity contribution >= 4 is 17.2 Å². The maximum atomic E-state index is 12.2. The first kappa shape index (κ1) is 17.5. The van der Waals surface area contributed by atoms with Crippen LogP contribution in [0.5, 0.6) is 0 Å². The first-order valence-electron chi connectivity index (χ1n) is 10.2. The van der Waals surface area contributed by atoms with Gasteiger partial charge in [-0.2, -0.15) is 0 Å². The molecular weight excluding hydrogens is 330 g/mol. The number of carbonyl (C=O) groups is 1. The molecule has 0 spiro atoms. The van der Waals surface area contributed by atoms with E-state index >= 15 is 0 Å². The maximum Gasteiger partial charge on any atom is 0.220 e. The highest BCUT2D eigenvalue weighted by atomic mass is 32.1. The summed E-state index contributed by atoms with van der Waals surface area (Å²) < 4.78 is 0. The van der Waals surface area contributed by atoms with Crippen LogP contribution < -0.4 is 10.6 Å². The zero-order valence-corrected chi connectivity index (χ0v) is 16.0. The average Bonchev–Trinajstić information content (AvgIpc) is 3.22. The first-order chi connectivity index (χ1) is 12.3. The Balaban J connectivity index is 1.17. The monoisotopic (exact) mass is 361 g/mol. The highest BCUT2D eigenvalue weighted by Crippen LogP contribution is 2.33. The van der Waals surface area contributed by atoms with Crippen molar-refractivity contribution in [1.82, 2.24) is 15.6 Å². The van der Waals surface area contributed by atoms with E-state index in [2.05, 4.69) is 16.0 Å². The van der Waals surface area contributed by atoms with Gasteiger partial charge in [0.25, 0.3) is 0 Å². The summed E-state index contributed by atoms with van der Waals surface area (Å²) in [6.45, 7) is 0.730. The van der Waals surface area contributed by atoms with Crippen molar-refractivity contribution in [3.8, 4) is 0 Å². The van der Waals surface area contributed by atoms with Gasteiger partial charge in [0.15, 0.2) is 0 Å². The summed E-state index contributed by atoms with van der Waals surface area (Å²) in [7, 11) is 0. The molecule has 3 fully saturated rings. The molecule has 1 amide bonds. The Hall–Kier alpha value is -0.940. The summed E-state index contributed by atoms with van der Waals surface area (Å²) in [5.74, 6) is 1.50. The van der Waals surface area contributed by atoms with E-state index in [-0.39, 0.29) is 5.91 Å². The number of hydrogen-bond acceptors (Lipinski definition) is 4. The highest BCUT2D eigenvalue weighted by molar-refractivity contribution is 7.09. The van der Waals surface area contributed by atoms with Crippen molar-refractivity contribution in [3.63, 3.8) is 0 Å². The summed E-state index contributed by atoms with van der Waals surface area (Å²) in [4.78, 5) is 17.1. The lowest BCUT2D eigenvalue weighted by Gasteiger charge is -2.28. The number of rotatable bonds is 6. The molecule has 2 saturated heterocycles. The SMILES string of the molecule is O=C(CC1CC2CCC(C1)N2)NCCc1nc(C2CCCCC2)cs1. The van der Waals surface area contributed by atoms with Crippen LogP contribution in [0.2, 0.25) is 0 Å². The van der Waals surface area contributed by atoms with Gasteiger partial charge >= 0.3 is 0 Å². The second-order valence-electron chi connectivity index (χ2n) is 8.28. The molecule has 0 radical (unpaired) electrons. The second-order valence-corrected chi connectivity index (χ2v) is 9.22. The minimum Gasteiger partial charge on any atom is -0.356 e. The summed E-state index contributed by atoms with van der Waals surface area (Å²) in [6.07, 6.45) is 13.3. The van der Waals surface area contributed by atoms with E-state index < -0.39 is 0 Å². The van der Waals surface area contributed by atoms with Crippen LogP contribution in [-0.4, -0.2) is 29.5 Å². The first-order valence-corrected chi connectivity index (χ1v) is 11.1. The van der Waals surface area contributed by atoms with Gasteiger partial charge in [-0.25, -0.2) is 4.98 Å². The number of piperidine rings is 1. The van der Waals surface area contributed by atoms with Crippen LogP contribution in [0.1, 0.15) is 80.8 Å². The number of thiazole rings is 1. The van der Waals surface area contributed by atoms with Crippen LogP contribution in [0.25, 0.3) is 0 Å². The van der Waals surface area contributed by atoms with E-state index in [1.165, 1.54) is 68.5 Å². The smallest absolute Gasteiger partial charge is 0.220 e. The molecule has 1 aromatic heterocycles. The Morgan fingerprint density at radius 2 is 1.92 bits per heavy atom. The molecule has 4 rings (SSSR count). The van der Waals surface area contributed by atoms with E-state index in [1.54, 1.807) is 11.3 Å². The number of hydrogen-bond donors (Lipinski definition) is 2. The molecule has 1 aliphatic carbocycles. The summed E-state index contributed by atoms with van der Waals surface area (Å²) in [5.41, 5.74) is 1.30. The zero-order chi connectivity index (χ0) is 17.1. The lowest BCUT2D eigenvalue weighted by Crippen LogP contribution is -2.39. The molecule has 2 bridgehead atoms. The van der Waals surface area contributed by atoms with E-state index in [0.717, 1.165) is 13.0 Å². The lowest BCUT2D eigenvalue weighted by molar-refractivity contribution is -0.122. The largest absolute Gasteiger partial charge is 0.356 e. The van der Waals surface area contributed by atoms with Crippen LogP contribution in [0.3, 0.4) is 0 Å². The van der Waals surface area contributed by atoms with Crippen molar-refractivity contribution in [3.05, 3.63) is 16.1 Å². The standard InChI is InChI=1S/C20H31N3OS/c24-19(12-14-10-16-6-7-17(11-14)22-16)21-9-8-20-23-18(13-25-20)15-4-2-1-3-5-15/h13-17,22H,1-12H2,(H,21,24). The van der Waals surface area contributed by atoms with Crippen LogP contribution in [0.4, 0.5) is 0 Å². The molecule has 5 heteroatoms. The maximum absolute atomic E-state index is 12.2. The third-order valence-electron chi connectivity index (χ3n) is 6.30. The molecular formula is C20H31N3OS. The fourth-order valence-electron chi connectivity index (χ4n) is 5.01. The van der Waals surface area contributed by atoms with Crippen molar-refractivity contribution in [2.24, 2.45) is 5.92 Å². The molecule has 3 heterocycles. The summed E-state index contributed by atoms with van der Waals surface area (Å²) >= 11 is 1.77. The molecule has 1 saturated carbocycles. The van der Waals surface area contributed by atoms with Gasteiger partial charge in [0.05, 0.1) is 10.7 Å². The quantitative estimate of drug-likeness (QED) is 0.811. The Morgan fingerprint density at radius 3 is 2.68 bits per heavy atom. The number of fused-ring (bicyclic) bond motifs is 2. The summed E-state index contributed by atoms with van der Waals surface area (Å²) in [6, 6.07) is 1.34. The van der Waals surface area contributed by atoms with Gasteiger partial charge in [-0.3, -0.25) is 4.79 Å². The molecule has 0 aromatic carbocycles. The minimum absolute atomic E-state index is 0.232. The summed E-state index contributed by atoms with van der Waals surface area (Å²) in [5, 5.41) is 10.2. The molecule has 2 atom stereocenters. The van der Waals surface area contributed by atoms with E-state index in [9.17, 15) is 4.79 Å². The van der Waals surface area contributed by atoms with Crippen molar-refractivity contribution in [1.29, 1.82) is 0 Å². The van der Waals surface area contributed by atoms with E-state index in [4.69, 9.17) is 4.98 Å². The number of amides is 1. The molecule has 25 heavy (non-hydrogen) atoms. The lowest BCUT2D eigenvalue weighted by atomic mass is 9.87. The van der Waals surface area contributed by atoms with E-state index in [0.29, 0.717) is 30.3 Å². The Labute approximate surface area is 155 Å². The number of nitrogens with zero attached hydrogens (tertiary/aromatic N) is 1. The number of aromatic nitrogens is 1. The molecule has 2 unspecified atom stereocenters. The molecule has 3 aliphatic rings. The van der Waals surface area contributed by atoms with Gasteiger partial charge in [0.1, 0.15) is 0 Å². The Morgan fingerprint density at radius 1 is 1.16 bits per heavy atom. The Kier molecular flexibility index (Phi) is 5.71. The third-order valence-corrected chi connectivity index (χ3v) is 7.23. The molecule has 138 valence electrons. The average molecular weight is 362 g/mol. The molecule has 2 N–H and O–H groups in total. The van der Waals surface area contributed by atoms with Crippen molar-refractivity contribution < 1.29 is 4.79 Å². The number of carbonyl (C=O) groups excluding carboxylic acids is 1. The molecule has 1 aromatic rings. The van der Waals surface area contributed by atoms with Gasteiger partial charge in [-0.1, -0.05) is 19.3 Å². The normalized spacial score (nSPS) is 29.7. The van der Waals surface area contributed by atoms with Crippen LogP contribution >= 0.6 is 11.3 Å². The molecule has 2 aliphatic heterocycles. The fraction of sp³-hybridized carbons (Fsp3) is 0.800. The minimum atomic E-state index is 0.232. The van der Waals surface area contributed by atoms with Gasteiger partial charge < -0.3 is 10.6 Å². The number of nitrogens with one attached hydrogen (secondary N) is 2. The Bertz CT molecular complexity index is 569. The fourth-order valence-corrected chi connectivity index (χ4v) is 5.89. The predicted molar refractivity (Wildman–Crippen MR) is 102 cm³/mol. The predicted octanol–water partition coefficient (Wildman–Crippen LogP) is 3.77. The van der Waals surface area contributed by atoms with Crippen LogP contribution in [0.15, 0.2) is 5.38 Å². The van der Waals surface area contributed by atoms with Crippen LogP contribution in [-0.2, 0) is 11.2 Å². The van der Waals surface area contributed by atoms with Gasteiger partial charge in [-0.05, 0) is 44.4 Å². The van der Waals surface area contributed by atoms with Gasteiger partial charge in [0.2, 0.25) is 5.91 Å².